The minimum Gasteiger partial charge on any atom is -0.380 e. The van der Waals surface area contributed by atoms with Crippen LogP contribution in [0.2, 0.25) is 0 Å². The van der Waals surface area contributed by atoms with Gasteiger partial charge in [-0.1, -0.05) is 158 Å². The van der Waals surface area contributed by atoms with Crippen LogP contribution in [0.15, 0.2) is 237 Å². The molecule has 6 heteroatoms. The summed E-state index contributed by atoms with van der Waals surface area (Å²) in [6, 6.07) is 31.3. The van der Waals surface area contributed by atoms with Gasteiger partial charge in [0.1, 0.15) is 11.7 Å². The van der Waals surface area contributed by atoms with Crippen molar-refractivity contribution in [2.75, 3.05) is 11.4 Å². The highest BCUT2D eigenvalue weighted by Crippen LogP contribution is 2.60. The third kappa shape index (κ3) is 7.56. The van der Waals surface area contributed by atoms with E-state index in [1.807, 2.05) is 0 Å². The molecule has 0 amide bonds. The molecule has 3 aromatic carbocycles. The fourth-order valence-electron chi connectivity index (χ4n) is 12.8. The van der Waals surface area contributed by atoms with Crippen molar-refractivity contribution in [3.05, 3.63) is 238 Å². The molecule has 0 saturated carbocycles. The third-order valence-corrected chi connectivity index (χ3v) is 17.7. The van der Waals surface area contributed by atoms with Gasteiger partial charge in [-0.05, 0) is 132 Å². The van der Waals surface area contributed by atoms with Crippen molar-refractivity contribution < 1.29 is 0 Å². The van der Waals surface area contributed by atoms with Crippen molar-refractivity contribution in [1.29, 1.82) is 0 Å². The number of benzene rings is 3. The Balaban J connectivity index is 0.942. The molecule has 1 saturated heterocycles. The van der Waals surface area contributed by atoms with Gasteiger partial charge in [-0.15, -0.1) is 11.8 Å². The highest BCUT2D eigenvalue weighted by atomic mass is 32.2. The minimum atomic E-state index is -0.424. The van der Waals surface area contributed by atoms with Gasteiger partial charge < -0.3 is 15.5 Å². The van der Waals surface area contributed by atoms with Crippen molar-refractivity contribution >= 4 is 34.8 Å². The number of nitrogens with zero attached hydrogens (tertiary/aromatic N) is 3. The second-order valence-corrected chi connectivity index (χ2v) is 21.4. The first-order valence-corrected chi connectivity index (χ1v) is 26.3. The monoisotopic (exact) mass is 905 g/mol. The van der Waals surface area contributed by atoms with Gasteiger partial charge in [0.25, 0.3) is 0 Å². The number of amidine groups is 2. The van der Waals surface area contributed by atoms with E-state index in [0.717, 1.165) is 62.3 Å². The van der Waals surface area contributed by atoms with Gasteiger partial charge in [-0.3, -0.25) is 0 Å². The summed E-state index contributed by atoms with van der Waals surface area (Å²) in [6.45, 7) is 0.763. The number of aliphatic imine (C=N–C) groups is 2. The number of dihydropyridines is 1. The van der Waals surface area contributed by atoms with Crippen LogP contribution in [0.1, 0.15) is 68.4 Å². The lowest BCUT2D eigenvalue weighted by Crippen LogP contribution is -2.44. The Kier molecular flexibility index (Phi) is 11.0. The zero-order valence-electron chi connectivity index (χ0n) is 38.6. The van der Waals surface area contributed by atoms with Crippen molar-refractivity contribution in [3.8, 4) is 0 Å². The fraction of sp³-hybridized carbons (Fsp3) is 0.290. The molecule has 68 heavy (non-hydrogen) atoms. The first-order valence-electron chi connectivity index (χ1n) is 25.4. The van der Waals surface area contributed by atoms with E-state index in [2.05, 4.69) is 209 Å². The molecule has 9 atom stereocenters. The highest BCUT2D eigenvalue weighted by Gasteiger charge is 2.55. The van der Waals surface area contributed by atoms with E-state index in [0.29, 0.717) is 46.1 Å². The number of hydrogen-bond acceptors (Lipinski definition) is 6. The molecule has 2 N–H and O–H groups in total. The van der Waals surface area contributed by atoms with Gasteiger partial charge in [0.05, 0.1) is 6.04 Å². The van der Waals surface area contributed by atoms with Gasteiger partial charge in [-0.25, -0.2) is 9.98 Å². The highest BCUT2D eigenvalue weighted by molar-refractivity contribution is 8.01. The third-order valence-electron chi connectivity index (χ3n) is 16.0. The van der Waals surface area contributed by atoms with Crippen LogP contribution in [0.5, 0.6) is 0 Å². The Morgan fingerprint density at radius 1 is 0.691 bits per heavy atom. The van der Waals surface area contributed by atoms with Crippen LogP contribution < -0.4 is 15.5 Å². The van der Waals surface area contributed by atoms with Crippen LogP contribution in [0.3, 0.4) is 0 Å². The molecule has 5 nitrogen and oxygen atoms in total. The van der Waals surface area contributed by atoms with Gasteiger partial charge in [-0.2, -0.15) is 0 Å². The Hall–Kier alpha value is -6.37. The van der Waals surface area contributed by atoms with Crippen molar-refractivity contribution in [2.45, 2.75) is 80.0 Å². The largest absolute Gasteiger partial charge is 0.380 e. The molecular formula is C62H59N5S. The first kappa shape index (κ1) is 41.8. The summed E-state index contributed by atoms with van der Waals surface area (Å²) >= 11 is 2.20. The van der Waals surface area contributed by atoms with Gasteiger partial charge in [0, 0.05) is 57.1 Å². The summed E-state index contributed by atoms with van der Waals surface area (Å²) in [7, 11) is 0. The van der Waals surface area contributed by atoms with E-state index in [1.165, 1.54) is 74.5 Å². The quantitative estimate of drug-likeness (QED) is 0.221. The van der Waals surface area contributed by atoms with Crippen LogP contribution in [0, 0.1) is 23.7 Å². The summed E-state index contributed by atoms with van der Waals surface area (Å²) in [5, 5.41) is 8.72. The molecule has 0 radical (unpaired) electrons. The van der Waals surface area contributed by atoms with E-state index in [-0.39, 0.29) is 0 Å². The van der Waals surface area contributed by atoms with Crippen LogP contribution in [-0.2, 0) is 0 Å². The SMILES string of the molecule is C1=CCC(C2C=C(C3=CCCC=C3)C=C(C3=CC(C4N=C(C5=CCCCC5)NC(c5ccccc5)=N4)=C(C4=CC=CC5SC6C(C=CC7c8ccccc8N(c8ccccc8)C76)C45)NC3)C2)C=C1. The zero-order chi connectivity index (χ0) is 45.0. The number of fused-ring (bicyclic) bond motifs is 7. The molecule has 9 unspecified atom stereocenters. The lowest BCUT2D eigenvalue weighted by Gasteiger charge is -2.40. The van der Waals surface area contributed by atoms with E-state index in [4.69, 9.17) is 9.98 Å². The van der Waals surface area contributed by atoms with Crippen molar-refractivity contribution in [2.24, 2.45) is 33.7 Å². The average Bonchev–Trinajstić information content (AvgIpc) is 3.98. The second kappa shape index (κ2) is 17.9. The molecule has 0 spiro atoms. The summed E-state index contributed by atoms with van der Waals surface area (Å²) in [5.41, 5.74) is 15.7. The average molecular weight is 906 g/mol. The Labute approximate surface area is 406 Å². The first-order chi connectivity index (χ1) is 33.7. The number of para-hydroxylation sites is 2. The molecule has 3 aromatic rings. The number of nitrogens with one attached hydrogen (secondary N) is 2. The standard InChI is InChI=1S/C62H59N5S/c1-6-19-40(20-7-1)44-35-45(41-21-8-2-9-22-41)37-46(36-44)47-38-53(62-65-60(42-23-10-3-11-24-42)64-61(66-62)43-25-12-4-13-26-43)57(63-39-47)51-30-18-32-55-56(51)52-34-33-50-49-29-16-17-31-54(49)67(58(50)59(52)68-55)48-27-14-5-15-28-48/h1,3,5-8,10-11,14-19,21-25,27-35,37-38,40,44,50,52,55-56,58-59,62-63H,2,4,9,12-13,20,26,36,39H2,(H,64,65,66). The number of allylic oxidation sites excluding steroid dienone is 16. The van der Waals surface area contributed by atoms with Crippen LogP contribution in [0.4, 0.5) is 11.4 Å². The summed E-state index contributed by atoms with van der Waals surface area (Å²) < 4.78 is 0. The summed E-state index contributed by atoms with van der Waals surface area (Å²) in [6.07, 6.45) is 47.3. The predicted molar refractivity (Wildman–Crippen MR) is 284 cm³/mol. The van der Waals surface area contributed by atoms with Crippen LogP contribution >= 0.6 is 11.8 Å². The number of anilines is 2. The topological polar surface area (TPSA) is 52.0 Å². The number of thioether (sulfide) groups is 1. The molecule has 4 aliphatic heterocycles. The molecule has 0 aromatic heterocycles. The van der Waals surface area contributed by atoms with Crippen LogP contribution in [0.25, 0.3) is 0 Å². The minimum absolute atomic E-state index is 0.300. The molecule has 338 valence electrons. The molecule has 6 aliphatic carbocycles. The van der Waals surface area contributed by atoms with E-state index < -0.39 is 6.17 Å². The summed E-state index contributed by atoms with van der Waals surface area (Å²) in [4.78, 5) is 13.9. The molecule has 4 heterocycles. The van der Waals surface area contributed by atoms with Gasteiger partial charge in [0.2, 0.25) is 0 Å². The molecule has 1 fully saturated rings. The van der Waals surface area contributed by atoms with Gasteiger partial charge >= 0.3 is 0 Å². The zero-order valence-corrected chi connectivity index (χ0v) is 39.4. The number of hydrogen-bond donors (Lipinski definition) is 2. The smallest absolute Gasteiger partial charge is 0.171 e. The molecule has 0 bridgehead atoms. The molecular weight excluding hydrogens is 847 g/mol. The maximum atomic E-state index is 5.65. The maximum absolute atomic E-state index is 5.65. The Bertz CT molecular complexity index is 2960. The molecule has 10 aliphatic rings. The molecule has 13 rings (SSSR count). The van der Waals surface area contributed by atoms with E-state index in [1.54, 1.807) is 0 Å². The van der Waals surface area contributed by atoms with Crippen LogP contribution in [-0.4, -0.2) is 40.9 Å². The Morgan fingerprint density at radius 2 is 1.56 bits per heavy atom. The normalized spacial score (nSPS) is 31.1. The second-order valence-electron chi connectivity index (χ2n) is 20.0. The Morgan fingerprint density at radius 3 is 2.40 bits per heavy atom. The summed E-state index contributed by atoms with van der Waals surface area (Å²) in [5.74, 6) is 3.76. The lowest BCUT2D eigenvalue weighted by molar-refractivity contribution is 0.410. The maximum Gasteiger partial charge on any atom is 0.171 e. The lowest BCUT2D eigenvalue weighted by atomic mass is 9.71. The van der Waals surface area contributed by atoms with E-state index >= 15 is 0 Å². The fourth-order valence-corrected chi connectivity index (χ4v) is 14.7. The van der Waals surface area contributed by atoms with Crippen molar-refractivity contribution in [1.82, 2.24) is 10.6 Å². The van der Waals surface area contributed by atoms with Gasteiger partial charge in [0.15, 0.2) is 6.17 Å². The van der Waals surface area contributed by atoms with Crippen molar-refractivity contribution in [3.63, 3.8) is 0 Å². The predicted octanol–water partition coefficient (Wildman–Crippen LogP) is 13.4. The number of rotatable bonds is 8. The van der Waals surface area contributed by atoms with E-state index in [9.17, 15) is 0 Å².